The molecule has 3 aromatic rings. The number of nitrogens with one attached hydrogen (secondary N) is 1. The Labute approximate surface area is 113 Å². The number of aromatic nitrogens is 4. The van der Waals surface area contributed by atoms with E-state index in [1.165, 1.54) is 0 Å². The molecule has 2 heterocycles. The average Bonchev–Trinajstić information content (AvgIpc) is 2.93. The summed E-state index contributed by atoms with van der Waals surface area (Å²) in [7, 11) is 0. The number of hydrogen-bond acceptors (Lipinski definition) is 2. The van der Waals surface area contributed by atoms with Crippen LogP contribution in [-0.2, 0) is 0 Å². The number of rotatable bonds is 2. The molecular weight excluding hydrogens is 292 g/mol. The van der Waals surface area contributed by atoms with Gasteiger partial charge in [-0.25, -0.2) is 4.98 Å². The molecule has 0 aliphatic carbocycles. The molecule has 92 valence electrons. The van der Waals surface area contributed by atoms with Crippen molar-refractivity contribution in [1.29, 1.82) is 0 Å². The Hall–Kier alpha value is -1.62. The molecule has 0 unspecified atom stereocenters. The van der Waals surface area contributed by atoms with Gasteiger partial charge in [0, 0.05) is 16.7 Å². The van der Waals surface area contributed by atoms with Gasteiger partial charge in [0.15, 0.2) is 0 Å². The zero-order valence-corrected chi connectivity index (χ0v) is 11.8. The van der Waals surface area contributed by atoms with Crippen LogP contribution < -0.4 is 0 Å². The summed E-state index contributed by atoms with van der Waals surface area (Å²) in [5.74, 6) is 0.856. The molecule has 5 heteroatoms. The summed E-state index contributed by atoms with van der Waals surface area (Å²) in [6, 6.07) is 6.37. The topological polar surface area (TPSA) is 46.5 Å². The summed E-state index contributed by atoms with van der Waals surface area (Å²) in [5, 5.41) is 4.33. The van der Waals surface area contributed by atoms with Crippen LogP contribution in [0.1, 0.15) is 19.9 Å². The van der Waals surface area contributed by atoms with Crippen molar-refractivity contribution in [3.8, 4) is 11.4 Å². The van der Waals surface area contributed by atoms with Gasteiger partial charge < -0.3 is 4.98 Å². The lowest BCUT2D eigenvalue weighted by atomic mass is 10.3. The van der Waals surface area contributed by atoms with E-state index in [9.17, 15) is 0 Å². The van der Waals surface area contributed by atoms with Gasteiger partial charge in [0.05, 0.1) is 22.8 Å². The molecule has 0 atom stereocenters. The largest absolute Gasteiger partial charge is 0.338 e. The summed E-state index contributed by atoms with van der Waals surface area (Å²) in [6.07, 6.45) is 3.85. The number of halogens is 1. The summed E-state index contributed by atoms with van der Waals surface area (Å²) in [5.41, 5.74) is 3.00. The summed E-state index contributed by atoms with van der Waals surface area (Å²) in [6.45, 7) is 4.21. The second-order valence-corrected chi connectivity index (χ2v) is 5.47. The molecule has 18 heavy (non-hydrogen) atoms. The number of nitrogens with zero attached hydrogens (tertiary/aromatic N) is 3. The van der Waals surface area contributed by atoms with Gasteiger partial charge in [0.1, 0.15) is 5.82 Å². The van der Waals surface area contributed by atoms with Crippen molar-refractivity contribution >= 4 is 27.0 Å². The standard InChI is InChI=1S/C13H13BrN4/c1-8(2)18-7-9(6-15-18)13-16-11-4-3-10(14)5-12(11)17-13/h3-8H,1-2H3,(H,16,17). The van der Waals surface area contributed by atoms with E-state index in [2.05, 4.69) is 44.8 Å². The predicted octanol–water partition coefficient (Wildman–Crippen LogP) is 3.77. The SMILES string of the molecule is CC(C)n1cc(-c2nc3ccc(Br)cc3[nH]2)cn1. The maximum Gasteiger partial charge on any atom is 0.141 e. The zero-order chi connectivity index (χ0) is 12.7. The lowest BCUT2D eigenvalue weighted by Gasteiger charge is -2.02. The zero-order valence-electron chi connectivity index (χ0n) is 10.2. The van der Waals surface area contributed by atoms with Gasteiger partial charge in [-0.2, -0.15) is 5.10 Å². The van der Waals surface area contributed by atoms with Gasteiger partial charge >= 0.3 is 0 Å². The molecule has 0 bridgehead atoms. The van der Waals surface area contributed by atoms with E-state index in [0.717, 1.165) is 26.9 Å². The van der Waals surface area contributed by atoms with E-state index < -0.39 is 0 Å². The van der Waals surface area contributed by atoms with Crippen molar-refractivity contribution in [1.82, 2.24) is 19.7 Å². The summed E-state index contributed by atoms with van der Waals surface area (Å²) >= 11 is 3.46. The van der Waals surface area contributed by atoms with Gasteiger partial charge in [-0.15, -0.1) is 0 Å². The first-order valence-corrected chi connectivity index (χ1v) is 6.62. The molecule has 0 fully saturated rings. The molecule has 0 aliphatic rings. The number of fused-ring (bicyclic) bond motifs is 1. The fraction of sp³-hybridized carbons (Fsp3) is 0.231. The van der Waals surface area contributed by atoms with Crippen LogP contribution in [0.3, 0.4) is 0 Å². The third kappa shape index (κ3) is 1.95. The maximum absolute atomic E-state index is 4.57. The van der Waals surface area contributed by atoms with Crippen molar-refractivity contribution < 1.29 is 0 Å². The molecule has 3 rings (SSSR count). The van der Waals surface area contributed by atoms with E-state index in [1.807, 2.05) is 35.3 Å². The molecule has 0 spiro atoms. The highest BCUT2D eigenvalue weighted by atomic mass is 79.9. The van der Waals surface area contributed by atoms with Gasteiger partial charge in [-0.05, 0) is 32.0 Å². The Morgan fingerprint density at radius 1 is 1.33 bits per heavy atom. The van der Waals surface area contributed by atoms with Gasteiger partial charge in [-0.3, -0.25) is 4.68 Å². The van der Waals surface area contributed by atoms with Crippen molar-refractivity contribution in [2.24, 2.45) is 0 Å². The summed E-state index contributed by atoms with van der Waals surface area (Å²) < 4.78 is 2.97. The Morgan fingerprint density at radius 3 is 2.89 bits per heavy atom. The van der Waals surface area contributed by atoms with E-state index in [4.69, 9.17) is 0 Å². The van der Waals surface area contributed by atoms with Crippen molar-refractivity contribution in [3.63, 3.8) is 0 Å². The van der Waals surface area contributed by atoms with Gasteiger partial charge in [0.2, 0.25) is 0 Å². The van der Waals surface area contributed by atoms with Gasteiger partial charge in [0.25, 0.3) is 0 Å². The minimum atomic E-state index is 0.359. The Kier molecular flexibility index (Phi) is 2.70. The third-order valence-corrected chi connectivity index (χ3v) is 3.34. The first kappa shape index (κ1) is 11.5. The van der Waals surface area contributed by atoms with Crippen LogP contribution >= 0.6 is 15.9 Å². The molecular formula is C13H13BrN4. The second kappa shape index (κ2) is 4.24. The number of imidazole rings is 1. The predicted molar refractivity (Wildman–Crippen MR) is 75.4 cm³/mol. The molecule has 0 aliphatic heterocycles. The molecule has 1 aromatic carbocycles. The number of H-pyrrole nitrogens is 1. The normalized spacial score (nSPS) is 11.6. The Bertz CT molecular complexity index is 696. The fourth-order valence-electron chi connectivity index (χ4n) is 1.86. The molecule has 0 saturated heterocycles. The second-order valence-electron chi connectivity index (χ2n) is 4.55. The van der Waals surface area contributed by atoms with Crippen LogP contribution in [0.4, 0.5) is 0 Å². The monoisotopic (exact) mass is 304 g/mol. The lowest BCUT2D eigenvalue weighted by Crippen LogP contribution is -1.99. The van der Waals surface area contributed by atoms with Crippen LogP contribution in [-0.4, -0.2) is 19.7 Å². The smallest absolute Gasteiger partial charge is 0.141 e. The third-order valence-electron chi connectivity index (χ3n) is 2.85. The lowest BCUT2D eigenvalue weighted by molar-refractivity contribution is 0.532. The highest BCUT2D eigenvalue weighted by Crippen LogP contribution is 2.23. The average molecular weight is 305 g/mol. The quantitative estimate of drug-likeness (QED) is 0.783. The highest BCUT2D eigenvalue weighted by Gasteiger charge is 2.08. The molecule has 0 saturated carbocycles. The van der Waals surface area contributed by atoms with Crippen LogP contribution in [0.15, 0.2) is 35.1 Å². The van der Waals surface area contributed by atoms with Crippen LogP contribution in [0.25, 0.3) is 22.4 Å². The first-order chi connectivity index (χ1) is 8.63. The fourth-order valence-corrected chi connectivity index (χ4v) is 2.22. The van der Waals surface area contributed by atoms with Crippen LogP contribution in [0.2, 0.25) is 0 Å². The Morgan fingerprint density at radius 2 is 2.17 bits per heavy atom. The van der Waals surface area contributed by atoms with Gasteiger partial charge in [-0.1, -0.05) is 15.9 Å². The van der Waals surface area contributed by atoms with E-state index in [-0.39, 0.29) is 0 Å². The molecule has 2 aromatic heterocycles. The van der Waals surface area contributed by atoms with Crippen LogP contribution in [0.5, 0.6) is 0 Å². The van der Waals surface area contributed by atoms with E-state index >= 15 is 0 Å². The minimum Gasteiger partial charge on any atom is -0.338 e. The van der Waals surface area contributed by atoms with E-state index in [0.29, 0.717) is 6.04 Å². The number of aromatic amines is 1. The minimum absolute atomic E-state index is 0.359. The van der Waals surface area contributed by atoms with Crippen LogP contribution in [0, 0.1) is 0 Å². The molecule has 0 amide bonds. The maximum atomic E-state index is 4.57. The molecule has 1 N–H and O–H groups in total. The number of hydrogen-bond donors (Lipinski definition) is 1. The molecule has 0 radical (unpaired) electrons. The van der Waals surface area contributed by atoms with Crippen molar-refractivity contribution in [2.75, 3.05) is 0 Å². The van der Waals surface area contributed by atoms with Crippen molar-refractivity contribution in [3.05, 3.63) is 35.1 Å². The highest BCUT2D eigenvalue weighted by molar-refractivity contribution is 9.10. The van der Waals surface area contributed by atoms with E-state index in [1.54, 1.807) is 0 Å². The number of benzene rings is 1. The summed E-state index contributed by atoms with van der Waals surface area (Å²) in [4.78, 5) is 7.88. The Balaban J connectivity index is 2.07. The molecule has 4 nitrogen and oxygen atoms in total. The first-order valence-electron chi connectivity index (χ1n) is 5.83. The van der Waals surface area contributed by atoms with Crippen molar-refractivity contribution in [2.45, 2.75) is 19.9 Å².